The fourth-order valence-electron chi connectivity index (χ4n) is 1.88. The van der Waals surface area contributed by atoms with Gasteiger partial charge in [-0.15, -0.1) is 0 Å². The molecule has 0 aromatic rings. The maximum atomic E-state index is 12.1. The predicted octanol–water partition coefficient (Wildman–Crippen LogP) is 2.95. The van der Waals surface area contributed by atoms with Gasteiger partial charge in [0.2, 0.25) is 0 Å². The Labute approximate surface area is 152 Å². The van der Waals surface area contributed by atoms with E-state index in [2.05, 4.69) is 39.2 Å². The Hall–Kier alpha value is -1.12. The minimum atomic E-state index is -2.04. The number of nitrogens with one attached hydrogen (secondary N) is 1. The van der Waals surface area contributed by atoms with Crippen molar-refractivity contribution >= 4 is 20.4 Å². The number of amides is 1. The van der Waals surface area contributed by atoms with Crippen LogP contribution in [0.15, 0.2) is 0 Å². The molecule has 4 N–H and O–H groups in total. The van der Waals surface area contributed by atoms with Crippen LogP contribution >= 0.6 is 0 Å². The van der Waals surface area contributed by atoms with E-state index < -0.39 is 37.9 Å². The van der Waals surface area contributed by atoms with Crippen LogP contribution in [-0.4, -0.2) is 50.3 Å². The number of hydrogen-bond acceptors (Lipinski definition) is 5. The first-order valence-electron chi connectivity index (χ1n) is 8.64. The van der Waals surface area contributed by atoms with Crippen molar-refractivity contribution in [2.24, 2.45) is 11.7 Å². The maximum absolute atomic E-state index is 12.1. The van der Waals surface area contributed by atoms with Crippen LogP contribution in [0.3, 0.4) is 0 Å². The van der Waals surface area contributed by atoms with Crippen molar-refractivity contribution in [1.82, 2.24) is 5.32 Å². The highest BCUT2D eigenvalue weighted by Gasteiger charge is 2.38. The summed E-state index contributed by atoms with van der Waals surface area (Å²) < 4.78 is 11.5. The lowest BCUT2D eigenvalue weighted by atomic mass is 9.97. The van der Waals surface area contributed by atoms with E-state index in [1.54, 1.807) is 20.8 Å². The molecule has 7 nitrogen and oxygen atoms in total. The number of hydrogen-bond donors (Lipinski definition) is 3. The molecule has 0 saturated heterocycles. The predicted molar refractivity (Wildman–Crippen MR) is 101 cm³/mol. The fraction of sp³-hybridized carbons (Fsp3) is 0.882. The van der Waals surface area contributed by atoms with Gasteiger partial charge in [0.05, 0.1) is 19.1 Å². The molecule has 0 aliphatic carbocycles. The normalized spacial score (nSPS) is 15.4. The first-order valence-corrected chi connectivity index (χ1v) is 11.5. The Morgan fingerprint density at radius 2 is 1.68 bits per heavy atom. The Balaban J connectivity index is 5.19. The van der Waals surface area contributed by atoms with E-state index in [9.17, 15) is 9.59 Å². The molecule has 0 aliphatic heterocycles. The largest absolute Gasteiger partial charge is 0.481 e. The summed E-state index contributed by atoms with van der Waals surface area (Å²) >= 11 is 0. The summed E-state index contributed by atoms with van der Waals surface area (Å²) in [6.45, 7) is 16.2. The number of aliphatic carboxylic acids is 1. The molecule has 0 spiro atoms. The van der Waals surface area contributed by atoms with Crippen LogP contribution in [0.1, 0.15) is 48.0 Å². The van der Waals surface area contributed by atoms with Gasteiger partial charge < -0.3 is 25.3 Å². The number of carbonyl (C=O) groups excluding carboxylic acids is 1. The number of alkyl carbamates (subject to hydrolysis) is 1. The van der Waals surface area contributed by atoms with Gasteiger partial charge in [0, 0.05) is 5.92 Å². The lowest BCUT2D eigenvalue weighted by molar-refractivity contribution is -0.138. The van der Waals surface area contributed by atoms with E-state index in [-0.39, 0.29) is 24.6 Å². The van der Waals surface area contributed by atoms with E-state index in [0.29, 0.717) is 0 Å². The summed E-state index contributed by atoms with van der Waals surface area (Å²) in [5, 5.41) is 11.9. The van der Waals surface area contributed by atoms with Crippen LogP contribution in [0, 0.1) is 5.92 Å². The SMILES string of the molecule is CC(C)(C)OC(=O)NC(CO[Si](C)(C)C(C)(C)C)C(CN)CC(=O)O. The molecule has 0 aromatic carbocycles. The van der Waals surface area contributed by atoms with Crippen molar-refractivity contribution in [3.05, 3.63) is 0 Å². The van der Waals surface area contributed by atoms with Gasteiger partial charge in [-0.05, 0) is 45.4 Å². The van der Waals surface area contributed by atoms with E-state index in [4.69, 9.17) is 20.0 Å². The van der Waals surface area contributed by atoms with Gasteiger partial charge >= 0.3 is 12.1 Å². The first-order chi connectivity index (χ1) is 11.1. The molecule has 0 bridgehead atoms. The van der Waals surface area contributed by atoms with Crippen LogP contribution in [-0.2, 0) is 14.0 Å². The van der Waals surface area contributed by atoms with Crippen LogP contribution in [0.25, 0.3) is 0 Å². The molecular weight excluding hydrogens is 340 g/mol. The molecule has 0 saturated carbocycles. The fourth-order valence-corrected chi connectivity index (χ4v) is 2.91. The number of rotatable bonds is 8. The van der Waals surface area contributed by atoms with Gasteiger partial charge in [-0.3, -0.25) is 4.79 Å². The first kappa shape index (κ1) is 23.9. The molecule has 0 fully saturated rings. The molecule has 0 aliphatic rings. The van der Waals surface area contributed by atoms with E-state index in [1.807, 2.05) is 0 Å². The van der Waals surface area contributed by atoms with Gasteiger partial charge in [0.1, 0.15) is 5.60 Å². The molecule has 25 heavy (non-hydrogen) atoms. The molecule has 0 rings (SSSR count). The second-order valence-corrected chi connectivity index (χ2v) is 13.7. The molecule has 0 radical (unpaired) electrons. The monoisotopic (exact) mass is 376 g/mol. The molecular formula is C17H36N2O5Si. The third-order valence-corrected chi connectivity index (χ3v) is 8.94. The highest BCUT2D eigenvalue weighted by Crippen LogP contribution is 2.36. The molecule has 148 valence electrons. The minimum Gasteiger partial charge on any atom is -0.481 e. The summed E-state index contributed by atoms with van der Waals surface area (Å²) in [6.07, 6.45) is -0.738. The van der Waals surface area contributed by atoms with E-state index in [1.165, 1.54) is 0 Å². The Morgan fingerprint density at radius 3 is 2.04 bits per heavy atom. The van der Waals surface area contributed by atoms with E-state index in [0.717, 1.165) is 0 Å². The second-order valence-electron chi connectivity index (χ2n) is 8.92. The Kier molecular flexibility index (Phi) is 8.60. The van der Waals surface area contributed by atoms with Crippen LogP contribution in [0.5, 0.6) is 0 Å². The van der Waals surface area contributed by atoms with Gasteiger partial charge in [-0.2, -0.15) is 0 Å². The van der Waals surface area contributed by atoms with Crippen molar-refractivity contribution < 1.29 is 23.9 Å². The lowest BCUT2D eigenvalue weighted by Gasteiger charge is -2.38. The maximum Gasteiger partial charge on any atom is 0.407 e. The summed E-state index contributed by atoms with van der Waals surface area (Å²) in [5.41, 5.74) is 5.11. The van der Waals surface area contributed by atoms with E-state index >= 15 is 0 Å². The number of nitrogens with two attached hydrogens (primary N) is 1. The molecule has 1 amide bonds. The zero-order valence-corrected chi connectivity index (χ0v) is 17.9. The number of carboxylic acids is 1. The second kappa shape index (κ2) is 9.00. The molecule has 2 atom stereocenters. The van der Waals surface area contributed by atoms with Crippen molar-refractivity contribution in [3.8, 4) is 0 Å². The summed E-state index contributed by atoms with van der Waals surface area (Å²) in [5.74, 6) is -1.39. The highest BCUT2D eigenvalue weighted by molar-refractivity contribution is 6.74. The minimum absolute atomic E-state index is 0.00841. The Morgan fingerprint density at radius 1 is 1.16 bits per heavy atom. The number of carboxylic acid groups (broad SMARTS) is 1. The van der Waals surface area contributed by atoms with Crippen LogP contribution in [0.4, 0.5) is 4.79 Å². The molecule has 2 unspecified atom stereocenters. The van der Waals surface area contributed by atoms with Crippen LogP contribution < -0.4 is 11.1 Å². The summed E-state index contributed by atoms with van der Waals surface area (Å²) in [4.78, 5) is 23.2. The average molecular weight is 377 g/mol. The lowest BCUT2D eigenvalue weighted by Crippen LogP contribution is -2.51. The topological polar surface area (TPSA) is 111 Å². The van der Waals surface area contributed by atoms with Gasteiger partial charge in [0.25, 0.3) is 0 Å². The Bertz CT molecular complexity index is 455. The third-order valence-electron chi connectivity index (χ3n) is 4.44. The van der Waals surface area contributed by atoms with Gasteiger partial charge in [-0.25, -0.2) is 4.79 Å². The number of carbonyl (C=O) groups is 2. The van der Waals surface area contributed by atoms with Gasteiger partial charge in [-0.1, -0.05) is 20.8 Å². The summed E-state index contributed by atoms with van der Waals surface area (Å²) in [7, 11) is -2.04. The third kappa shape index (κ3) is 9.22. The molecule has 0 heterocycles. The number of ether oxygens (including phenoxy) is 1. The smallest absolute Gasteiger partial charge is 0.407 e. The highest BCUT2D eigenvalue weighted by atomic mass is 28.4. The summed E-state index contributed by atoms with van der Waals surface area (Å²) in [6, 6.07) is -0.523. The zero-order chi connectivity index (χ0) is 20.1. The van der Waals surface area contributed by atoms with Crippen molar-refractivity contribution in [2.75, 3.05) is 13.2 Å². The van der Waals surface area contributed by atoms with Gasteiger partial charge in [0.15, 0.2) is 8.32 Å². The van der Waals surface area contributed by atoms with Crippen molar-refractivity contribution in [1.29, 1.82) is 0 Å². The zero-order valence-electron chi connectivity index (χ0n) is 16.9. The molecule has 0 aromatic heterocycles. The van der Waals surface area contributed by atoms with Crippen molar-refractivity contribution in [2.45, 2.75) is 77.7 Å². The quantitative estimate of drug-likeness (QED) is 0.562. The molecule has 8 heteroatoms. The average Bonchev–Trinajstić information content (AvgIpc) is 2.37. The van der Waals surface area contributed by atoms with Crippen molar-refractivity contribution in [3.63, 3.8) is 0 Å². The standard InChI is InChI=1S/C17H36N2O5Si/c1-16(2,3)24-15(22)19-13(12(10-18)9-14(20)21)11-23-25(7,8)17(4,5)6/h12-13H,9-11,18H2,1-8H3,(H,19,22)(H,20,21). The van der Waals surface area contributed by atoms with Crippen LogP contribution in [0.2, 0.25) is 18.1 Å².